The Morgan fingerprint density at radius 1 is 1.78 bits per heavy atom. The molecule has 0 aliphatic rings. The van der Waals surface area contributed by atoms with Crippen molar-refractivity contribution in [3.8, 4) is 6.07 Å². The first kappa shape index (κ1) is 7.03. The third-order valence-electron chi connectivity index (χ3n) is 0.949. The van der Waals surface area contributed by atoms with Crippen LogP contribution in [0.5, 0.6) is 0 Å². The fourth-order valence-electron chi connectivity index (χ4n) is 0.494. The summed E-state index contributed by atoms with van der Waals surface area (Å²) in [5, 5.41) is 12.4. The zero-order chi connectivity index (χ0) is 6.69. The van der Waals surface area contributed by atoms with E-state index in [2.05, 4.69) is 28.7 Å². The van der Waals surface area contributed by atoms with Gasteiger partial charge in [0.15, 0.2) is 0 Å². The molecular formula is C6H4INS. The number of thiophene rings is 1. The van der Waals surface area contributed by atoms with Crippen molar-refractivity contribution in [1.82, 2.24) is 0 Å². The van der Waals surface area contributed by atoms with E-state index in [0.29, 0.717) is 0 Å². The Labute approximate surface area is 71.5 Å². The second-order valence-corrected chi connectivity index (χ2v) is 3.57. The molecule has 1 unspecified atom stereocenters. The number of halogens is 1. The summed E-state index contributed by atoms with van der Waals surface area (Å²) in [6.45, 7) is 0. The minimum Gasteiger partial charge on any atom is -0.197 e. The lowest BCUT2D eigenvalue weighted by atomic mass is 10.3. The standard InChI is InChI=1S/C6H4INS/c7-6(3-8)5-1-2-9-4-5/h1-2,4,6H. The SMILES string of the molecule is N#CC(I)c1ccsc1. The van der Waals surface area contributed by atoms with Gasteiger partial charge in [0.25, 0.3) is 0 Å². The first-order chi connectivity index (χ1) is 4.34. The number of hydrogen-bond acceptors (Lipinski definition) is 2. The summed E-state index contributed by atoms with van der Waals surface area (Å²) in [5.41, 5.74) is 1.11. The van der Waals surface area contributed by atoms with Crippen LogP contribution in [0.15, 0.2) is 16.8 Å². The summed E-state index contributed by atoms with van der Waals surface area (Å²) < 4.78 is 0.0221. The van der Waals surface area contributed by atoms with E-state index in [0.717, 1.165) is 5.56 Å². The van der Waals surface area contributed by atoms with Gasteiger partial charge >= 0.3 is 0 Å². The van der Waals surface area contributed by atoms with Gasteiger partial charge in [-0.25, -0.2) is 0 Å². The van der Waals surface area contributed by atoms with E-state index in [-0.39, 0.29) is 3.92 Å². The van der Waals surface area contributed by atoms with Crippen LogP contribution >= 0.6 is 33.9 Å². The predicted octanol–water partition coefficient (Wildman–Crippen LogP) is 2.75. The van der Waals surface area contributed by atoms with Crippen LogP contribution in [0.2, 0.25) is 0 Å². The van der Waals surface area contributed by atoms with Crippen LogP contribution in [0.4, 0.5) is 0 Å². The summed E-state index contributed by atoms with van der Waals surface area (Å²) in [5.74, 6) is 0. The first-order valence-corrected chi connectivity index (χ1v) is 4.59. The van der Waals surface area contributed by atoms with Crippen LogP contribution in [-0.4, -0.2) is 0 Å². The van der Waals surface area contributed by atoms with Crippen molar-refractivity contribution in [2.45, 2.75) is 3.92 Å². The lowest BCUT2D eigenvalue weighted by Gasteiger charge is -1.90. The van der Waals surface area contributed by atoms with E-state index >= 15 is 0 Å². The molecule has 1 aromatic rings. The Kier molecular flexibility index (Phi) is 2.49. The Morgan fingerprint density at radius 2 is 2.56 bits per heavy atom. The molecule has 0 N–H and O–H groups in total. The monoisotopic (exact) mass is 249 g/mol. The highest BCUT2D eigenvalue weighted by Gasteiger charge is 2.03. The van der Waals surface area contributed by atoms with Crippen LogP contribution in [0, 0.1) is 11.3 Å². The molecule has 0 aliphatic heterocycles. The molecule has 1 heterocycles. The maximum Gasteiger partial charge on any atom is 0.123 e. The van der Waals surface area contributed by atoms with Crippen LogP contribution in [0.1, 0.15) is 9.49 Å². The topological polar surface area (TPSA) is 23.8 Å². The molecule has 0 fully saturated rings. The third kappa shape index (κ3) is 1.66. The molecular weight excluding hydrogens is 245 g/mol. The molecule has 0 saturated carbocycles. The molecule has 0 amide bonds. The van der Waals surface area contributed by atoms with E-state index in [1.165, 1.54) is 0 Å². The van der Waals surface area contributed by atoms with Crippen LogP contribution in [0.3, 0.4) is 0 Å². The summed E-state index contributed by atoms with van der Waals surface area (Å²) in [6.07, 6.45) is 0. The van der Waals surface area contributed by atoms with Crippen molar-refractivity contribution >= 4 is 33.9 Å². The Balaban J connectivity index is 2.80. The van der Waals surface area contributed by atoms with Crippen LogP contribution in [0.25, 0.3) is 0 Å². The van der Waals surface area contributed by atoms with Gasteiger partial charge in [0.2, 0.25) is 0 Å². The number of nitrogens with zero attached hydrogens (tertiary/aromatic N) is 1. The smallest absolute Gasteiger partial charge is 0.123 e. The molecule has 1 nitrogen and oxygen atoms in total. The minimum absolute atomic E-state index is 0.0221. The minimum atomic E-state index is 0.0221. The fraction of sp³-hybridized carbons (Fsp3) is 0.167. The van der Waals surface area contributed by atoms with Gasteiger partial charge in [-0.15, -0.1) is 0 Å². The molecule has 0 saturated heterocycles. The molecule has 0 spiro atoms. The Morgan fingerprint density at radius 3 is 3.00 bits per heavy atom. The van der Waals surface area contributed by atoms with Gasteiger partial charge in [0, 0.05) is 0 Å². The Hall–Kier alpha value is -0.0800. The van der Waals surface area contributed by atoms with Gasteiger partial charge in [0.1, 0.15) is 3.92 Å². The number of nitriles is 1. The third-order valence-corrected chi connectivity index (χ3v) is 2.65. The lowest BCUT2D eigenvalue weighted by Crippen LogP contribution is -1.77. The zero-order valence-electron chi connectivity index (χ0n) is 4.54. The van der Waals surface area contributed by atoms with Crippen molar-refractivity contribution in [3.63, 3.8) is 0 Å². The van der Waals surface area contributed by atoms with Crippen molar-refractivity contribution in [3.05, 3.63) is 22.4 Å². The lowest BCUT2D eigenvalue weighted by molar-refractivity contribution is 1.29. The van der Waals surface area contributed by atoms with E-state index in [1.807, 2.05) is 16.8 Å². The second kappa shape index (κ2) is 3.18. The van der Waals surface area contributed by atoms with Gasteiger partial charge in [-0.05, 0) is 22.4 Å². The summed E-state index contributed by atoms with van der Waals surface area (Å²) >= 11 is 3.74. The van der Waals surface area contributed by atoms with E-state index < -0.39 is 0 Å². The molecule has 1 aromatic heterocycles. The normalized spacial score (nSPS) is 12.4. The highest BCUT2D eigenvalue weighted by Crippen LogP contribution is 2.23. The zero-order valence-corrected chi connectivity index (χ0v) is 7.52. The van der Waals surface area contributed by atoms with Gasteiger partial charge in [0.05, 0.1) is 6.07 Å². The second-order valence-electron chi connectivity index (χ2n) is 1.55. The van der Waals surface area contributed by atoms with E-state index in [4.69, 9.17) is 5.26 Å². The average molecular weight is 249 g/mol. The van der Waals surface area contributed by atoms with Gasteiger partial charge in [-0.2, -0.15) is 16.6 Å². The molecule has 0 bridgehead atoms. The summed E-state index contributed by atoms with van der Waals surface area (Å²) in [4.78, 5) is 0. The number of hydrogen-bond donors (Lipinski definition) is 0. The quantitative estimate of drug-likeness (QED) is 0.554. The molecule has 0 aliphatic carbocycles. The first-order valence-electron chi connectivity index (χ1n) is 2.40. The number of alkyl halides is 1. The maximum atomic E-state index is 8.45. The molecule has 46 valence electrons. The predicted molar refractivity (Wildman–Crippen MR) is 46.7 cm³/mol. The number of rotatable bonds is 1. The molecule has 1 atom stereocenters. The molecule has 0 aromatic carbocycles. The highest BCUT2D eigenvalue weighted by atomic mass is 127. The van der Waals surface area contributed by atoms with E-state index in [1.54, 1.807) is 11.3 Å². The van der Waals surface area contributed by atoms with Crippen LogP contribution in [-0.2, 0) is 0 Å². The van der Waals surface area contributed by atoms with Gasteiger partial charge < -0.3 is 0 Å². The molecule has 1 rings (SSSR count). The fourth-order valence-corrected chi connectivity index (χ4v) is 1.81. The van der Waals surface area contributed by atoms with Crippen LogP contribution < -0.4 is 0 Å². The maximum absolute atomic E-state index is 8.45. The van der Waals surface area contributed by atoms with Crippen molar-refractivity contribution in [2.24, 2.45) is 0 Å². The van der Waals surface area contributed by atoms with Crippen molar-refractivity contribution in [2.75, 3.05) is 0 Å². The van der Waals surface area contributed by atoms with Gasteiger partial charge in [-0.1, -0.05) is 22.6 Å². The van der Waals surface area contributed by atoms with Crippen molar-refractivity contribution < 1.29 is 0 Å². The molecule has 3 heteroatoms. The Bertz CT molecular complexity index is 211. The highest BCUT2D eigenvalue weighted by molar-refractivity contribution is 14.1. The summed E-state index contributed by atoms with van der Waals surface area (Å²) in [6, 6.07) is 4.14. The average Bonchev–Trinajstić information content (AvgIpc) is 2.37. The molecule has 0 radical (unpaired) electrons. The van der Waals surface area contributed by atoms with Crippen molar-refractivity contribution in [1.29, 1.82) is 5.26 Å². The largest absolute Gasteiger partial charge is 0.197 e. The van der Waals surface area contributed by atoms with E-state index in [9.17, 15) is 0 Å². The van der Waals surface area contributed by atoms with Gasteiger partial charge in [-0.3, -0.25) is 0 Å². The summed E-state index contributed by atoms with van der Waals surface area (Å²) in [7, 11) is 0. The molecule has 9 heavy (non-hydrogen) atoms.